The molecule has 2 aliphatic rings. The molecular weight excluding hydrogens is 390 g/mol. The number of thiophene rings is 1. The van der Waals surface area contributed by atoms with E-state index in [0.717, 1.165) is 20.0 Å². The number of carbonyl (C=O) groups is 1. The molecule has 2 unspecified atom stereocenters. The van der Waals surface area contributed by atoms with Gasteiger partial charge in [-0.25, -0.2) is 4.98 Å². The van der Waals surface area contributed by atoms with Gasteiger partial charge in [-0.3, -0.25) is 4.99 Å². The van der Waals surface area contributed by atoms with Gasteiger partial charge in [-0.15, -0.1) is 0 Å². The van der Waals surface area contributed by atoms with Crippen molar-refractivity contribution >= 4 is 44.4 Å². The highest BCUT2D eigenvalue weighted by Crippen LogP contribution is 2.34. The van der Waals surface area contributed by atoms with Crippen molar-refractivity contribution in [3.05, 3.63) is 77.3 Å². The number of aromatic nitrogens is 2. The number of aliphatic carboxylic acids is 1. The fourth-order valence-electron chi connectivity index (χ4n) is 2.64. The average Bonchev–Trinajstić information content (AvgIpc) is 3.44. The number of hydrogen-bond donors (Lipinski definition) is 0. The molecule has 0 fully saturated rings. The molecule has 0 amide bonds. The van der Waals surface area contributed by atoms with E-state index in [1.165, 1.54) is 31.1 Å². The first kappa shape index (κ1) is 18.6. The van der Waals surface area contributed by atoms with E-state index in [2.05, 4.69) is 20.4 Å². The maximum Gasteiger partial charge on any atom is 0.287 e. The van der Waals surface area contributed by atoms with Crippen LogP contribution in [-0.4, -0.2) is 28.3 Å². The summed E-state index contributed by atoms with van der Waals surface area (Å²) in [5.41, 5.74) is 0. The smallest absolute Gasteiger partial charge is 0.287 e. The first-order valence-corrected chi connectivity index (χ1v) is 9.93. The van der Waals surface area contributed by atoms with Crippen molar-refractivity contribution in [1.82, 2.24) is 9.97 Å². The van der Waals surface area contributed by atoms with Crippen molar-refractivity contribution in [2.45, 2.75) is 6.10 Å². The van der Waals surface area contributed by atoms with Crippen LogP contribution < -0.4 is 19.6 Å². The molecule has 7 nitrogen and oxygen atoms in total. The third-order valence-electron chi connectivity index (χ3n) is 3.94. The monoisotopic (exact) mass is 405 g/mol. The highest BCUT2D eigenvalue weighted by molar-refractivity contribution is 7.51. The maximum absolute atomic E-state index is 11.5. The molecule has 4 heterocycles. The van der Waals surface area contributed by atoms with Crippen LogP contribution in [0.4, 0.5) is 0 Å². The third-order valence-corrected chi connectivity index (χ3v) is 5.70. The van der Waals surface area contributed by atoms with Crippen LogP contribution in [0.3, 0.4) is 0 Å². The molecule has 2 aromatic rings. The summed E-state index contributed by atoms with van der Waals surface area (Å²) in [7, 11) is -0.160. The fraction of sp³-hybridized carbons (Fsp3) is 0.0476. The Kier molecular flexibility index (Phi) is 5.44. The number of fused-ring (bicyclic) bond motifs is 3. The average molecular weight is 405 g/mol. The van der Waals surface area contributed by atoms with Crippen molar-refractivity contribution in [3.8, 4) is 5.88 Å². The van der Waals surface area contributed by atoms with E-state index in [-0.39, 0.29) is 16.3 Å². The summed E-state index contributed by atoms with van der Waals surface area (Å²) < 4.78 is 12.0. The Morgan fingerprint density at radius 2 is 1.97 bits per heavy atom. The van der Waals surface area contributed by atoms with Crippen molar-refractivity contribution in [2.75, 3.05) is 0 Å². The van der Waals surface area contributed by atoms with Crippen molar-refractivity contribution < 1.29 is 19.4 Å². The lowest BCUT2D eigenvalue weighted by atomic mass is 10.2. The molecular formula is C21H15N3O4S. The Bertz CT molecular complexity index is 1250. The quantitative estimate of drug-likeness (QED) is 0.561. The zero-order valence-electron chi connectivity index (χ0n) is 15.0. The molecule has 0 saturated carbocycles. The maximum atomic E-state index is 11.5. The Labute approximate surface area is 168 Å². The highest BCUT2D eigenvalue weighted by atomic mass is 32.2. The Balaban J connectivity index is 1.79. The molecule has 0 aliphatic carbocycles. The predicted molar refractivity (Wildman–Crippen MR) is 110 cm³/mol. The van der Waals surface area contributed by atoms with Gasteiger partial charge in [0.2, 0.25) is 15.8 Å². The summed E-state index contributed by atoms with van der Waals surface area (Å²) in [4.78, 5) is 25.0. The van der Waals surface area contributed by atoms with Gasteiger partial charge < -0.3 is 19.4 Å². The second-order valence-electron chi connectivity index (χ2n) is 5.82. The van der Waals surface area contributed by atoms with Crippen molar-refractivity contribution in [2.24, 2.45) is 4.99 Å². The summed E-state index contributed by atoms with van der Waals surface area (Å²) in [6.45, 7) is 0. The van der Waals surface area contributed by atoms with Gasteiger partial charge >= 0.3 is 0 Å². The zero-order chi connectivity index (χ0) is 20.1. The molecule has 2 atom stereocenters. The van der Waals surface area contributed by atoms with E-state index < -0.39 is 12.1 Å². The van der Waals surface area contributed by atoms with Crippen LogP contribution in [0.25, 0.3) is 21.7 Å². The molecule has 4 rings (SSSR count). The molecule has 0 spiro atoms. The molecule has 144 valence electrons. The van der Waals surface area contributed by atoms with Crippen molar-refractivity contribution in [1.29, 1.82) is 0 Å². The van der Waals surface area contributed by atoms with Gasteiger partial charge in [-0.1, -0.05) is 24.3 Å². The number of allylic oxidation sites excluding steroid dienone is 6. The summed E-state index contributed by atoms with van der Waals surface area (Å²) >= 11 is 0. The molecule has 2 aliphatic heterocycles. The molecule has 0 aromatic carbocycles. The van der Waals surface area contributed by atoms with Crippen LogP contribution in [0.2, 0.25) is 0 Å². The minimum atomic E-state index is -1.36. The van der Waals surface area contributed by atoms with Gasteiger partial charge in [0.15, 0.2) is 6.10 Å². The largest absolute Gasteiger partial charge is 0.546 e. The number of carbonyl (C=O) groups excluding carboxylic acids is 1. The van der Waals surface area contributed by atoms with E-state index in [1.54, 1.807) is 36.6 Å². The normalized spacial score (nSPS) is 18.5. The van der Waals surface area contributed by atoms with Gasteiger partial charge in [0.1, 0.15) is 18.0 Å². The van der Waals surface area contributed by atoms with E-state index >= 15 is 0 Å². The summed E-state index contributed by atoms with van der Waals surface area (Å²) in [6, 6.07) is 0. The molecule has 0 N–H and O–H groups in total. The first-order valence-electron chi connectivity index (χ1n) is 8.64. The van der Waals surface area contributed by atoms with E-state index in [0.29, 0.717) is 0 Å². The predicted octanol–water partition coefficient (Wildman–Crippen LogP) is 1.01. The zero-order valence-corrected chi connectivity index (χ0v) is 15.9. The molecule has 0 radical (unpaired) electrons. The second-order valence-corrected chi connectivity index (χ2v) is 7.56. The highest BCUT2D eigenvalue weighted by Gasteiger charge is 2.33. The van der Waals surface area contributed by atoms with Crippen LogP contribution in [0.5, 0.6) is 5.88 Å². The van der Waals surface area contributed by atoms with Gasteiger partial charge in [0, 0.05) is 6.21 Å². The number of rotatable bonds is 1. The molecule has 0 saturated heterocycles. The number of carboxylic acids is 1. The van der Waals surface area contributed by atoms with E-state index in [9.17, 15) is 9.90 Å². The van der Waals surface area contributed by atoms with Crippen LogP contribution in [0.1, 0.15) is 0 Å². The van der Waals surface area contributed by atoms with Crippen LogP contribution in [0, 0.1) is 0 Å². The second kappa shape index (κ2) is 8.49. The molecule has 29 heavy (non-hydrogen) atoms. The van der Waals surface area contributed by atoms with E-state index in [4.69, 9.17) is 9.47 Å². The minimum absolute atomic E-state index is 0.160. The minimum Gasteiger partial charge on any atom is -0.546 e. The number of ether oxygens (including phenoxy) is 2. The van der Waals surface area contributed by atoms with Crippen LogP contribution in [0.15, 0.2) is 72.6 Å². The summed E-state index contributed by atoms with van der Waals surface area (Å²) in [5, 5.41) is 15.3. The Morgan fingerprint density at radius 3 is 2.86 bits per heavy atom. The SMILES string of the molecule is O=C([O-])C1C=CC=CC=COC=CN=CC=CC=c2c3[s+](c4ncnc(c24)O1)C=3. The lowest BCUT2D eigenvalue weighted by molar-refractivity contribution is -0.311. The number of nitrogens with zero attached hydrogens (tertiary/aromatic N) is 3. The topological polar surface area (TPSA) is 96.7 Å². The summed E-state index contributed by atoms with van der Waals surface area (Å²) in [6.07, 6.45) is 19.6. The standard InChI is InChI=1S/C21H15N3O4S/c25-21(26)16-8-3-1-2-6-11-27-12-10-22-9-5-4-7-15-17-13-29(17)20-18(15)19(28-16)23-14-24-20/h1-14,16H. The lowest BCUT2D eigenvalue weighted by Gasteiger charge is -2.15. The third kappa shape index (κ3) is 4.22. The Hall–Kier alpha value is -3.78. The molecule has 0 bridgehead atoms. The number of carboxylic acid groups (broad SMARTS) is 1. The number of hydrogen-bond acceptors (Lipinski definition) is 7. The van der Waals surface area contributed by atoms with Gasteiger partial charge in [0.25, 0.3) is 4.83 Å². The fourth-order valence-corrected chi connectivity index (χ4v) is 4.38. The van der Waals surface area contributed by atoms with Crippen LogP contribution >= 0.6 is 10.5 Å². The van der Waals surface area contributed by atoms with Gasteiger partial charge in [0.05, 0.1) is 34.1 Å². The van der Waals surface area contributed by atoms with E-state index in [1.807, 2.05) is 12.2 Å². The van der Waals surface area contributed by atoms with Gasteiger partial charge in [-0.2, -0.15) is 4.98 Å². The van der Waals surface area contributed by atoms with Crippen LogP contribution in [-0.2, 0) is 9.53 Å². The van der Waals surface area contributed by atoms with Gasteiger partial charge in [-0.05, 0) is 24.3 Å². The molecule has 2 aromatic heterocycles. The Morgan fingerprint density at radius 1 is 1.07 bits per heavy atom. The number of aliphatic imine (C=N–C) groups is 1. The lowest BCUT2D eigenvalue weighted by Crippen LogP contribution is -2.38. The summed E-state index contributed by atoms with van der Waals surface area (Å²) in [5.74, 6) is -1.13. The molecule has 8 heteroatoms. The van der Waals surface area contributed by atoms with Crippen molar-refractivity contribution in [3.63, 3.8) is 0 Å². The first-order chi connectivity index (χ1) is 14.3.